The Balaban J connectivity index is 1.29. The maximum absolute atomic E-state index is 13.6. The van der Waals surface area contributed by atoms with E-state index in [1.807, 2.05) is 11.5 Å². The average Bonchev–Trinajstić information content (AvgIpc) is 3.65. The molecular formula is C29H38N6O8S3. The standard InChI is InChI=1S/C29H38N6O8S3/c1-16(42-29(39)43-18-7-5-4-6-8-18)41-27(38)23-17(10-12-44-19-9-11-34(2)13-19)14-45-26-22(25(37)35(23)26)32-24(36)21(33-40-3)20-15-46-28(30)31-20/h10,12,15-16,18-19,22,26H,4-9,11,13-14H2,1-3H3,(H2,30,31)(H,32,36)/b12-10+,33-21?/t16?,19-,22+,26+/m0/s1. The van der Waals surface area contributed by atoms with Crippen molar-refractivity contribution < 1.29 is 38.2 Å². The van der Waals surface area contributed by atoms with E-state index < -0.39 is 41.6 Å². The lowest BCUT2D eigenvalue weighted by atomic mass is 9.98. The van der Waals surface area contributed by atoms with Gasteiger partial charge in [-0.2, -0.15) is 0 Å². The monoisotopic (exact) mass is 694 g/mol. The van der Waals surface area contributed by atoms with Crippen molar-refractivity contribution in [1.29, 1.82) is 0 Å². The number of thiazole rings is 1. The van der Waals surface area contributed by atoms with Crippen molar-refractivity contribution in [3.05, 3.63) is 33.8 Å². The summed E-state index contributed by atoms with van der Waals surface area (Å²) in [6.07, 6.45) is 5.09. The Kier molecular flexibility index (Phi) is 11.5. The van der Waals surface area contributed by atoms with Crippen molar-refractivity contribution in [1.82, 2.24) is 20.1 Å². The number of amides is 2. The van der Waals surface area contributed by atoms with E-state index in [2.05, 4.69) is 27.4 Å². The molecule has 1 aromatic heterocycles. The number of allylic oxidation sites excluding steroid dienone is 1. The number of anilines is 1. The van der Waals surface area contributed by atoms with Crippen LogP contribution in [0.25, 0.3) is 0 Å². The first-order valence-corrected chi connectivity index (χ1v) is 17.9. The molecule has 1 aromatic rings. The van der Waals surface area contributed by atoms with Gasteiger partial charge in [-0.1, -0.05) is 11.6 Å². The Morgan fingerprint density at radius 2 is 2.00 bits per heavy atom. The van der Waals surface area contributed by atoms with Crippen LogP contribution < -0.4 is 11.1 Å². The summed E-state index contributed by atoms with van der Waals surface area (Å²) in [4.78, 5) is 65.1. The van der Waals surface area contributed by atoms with E-state index in [-0.39, 0.29) is 28.3 Å². The van der Waals surface area contributed by atoms with Gasteiger partial charge in [0.1, 0.15) is 36.0 Å². The molecule has 46 heavy (non-hydrogen) atoms. The molecule has 3 fully saturated rings. The fourth-order valence-electron chi connectivity index (χ4n) is 5.61. The van der Waals surface area contributed by atoms with Crippen molar-refractivity contribution in [3.8, 4) is 0 Å². The number of β-lactam (4-membered cyclic amide) rings is 1. The third-order valence-electron chi connectivity index (χ3n) is 7.88. The summed E-state index contributed by atoms with van der Waals surface area (Å²) < 4.78 is 16.1. The highest BCUT2D eigenvalue weighted by molar-refractivity contribution is 8.02. The molecule has 1 unspecified atom stereocenters. The summed E-state index contributed by atoms with van der Waals surface area (Å²) in [6, 6.07) is -0.952. The number of ether oxygens (including phenoxy) is 3. The molecule has 1 aliphatic carbocycles. The number of thioether (sulfide) groups is 2. The van der Waals surface area contributed by atoms with Gasteiger partial charge in [0.2, 0.25) is 6.29 Å². The Bertz CT molecular complexity index is 1410. The fraction of sp³-hybridized carbons (Fsp3) is 0.586. The lowest BCUT2D eigenvalue weighted by Crippen LogP contribution is -2.71. The molecule has 2 amide bonds. The number of nitrogens with zero attached hydrogens (tertiary/aromatic N) is 4. The quantitative estimate of drug-likeness (QED) is 0.114. The van der Waals surface area contributed by atoms with Gasteiger partial charge in [-0.15, -0.1) is 34.9 Å². The molecule has 14 nitrogen and oxygen atoms in total. The zero-order valence-electron chi connectivity index (χ0n) is 25.8. The summed E-state index contributed by atoms with van der Waals surface area (Å²) in [5.74, 6) is -1.64. The van der Waals surface area contributed by atoms with Crippen molar-refractivity contribution in [2.45, 2.75) is 74.5 Å². The molecule has 2 saturated heterocycles. The van der Waals surface area contributed by atoms with Gasteiger partial charge in [-0.05, 0) is 62.8 Å². The second-order valence-electron chi connectivity index (χ2n) is 11.3. The predicted octanol–water partition coefficient (Wildman–Crippen LogP) is 3.06. The maximum atomic E-state index is 13.6. The largest absolute Gasteiger partial charge is 0.511 e. The lowest BCUT2D eigenvalue weighted by Gasteiger charge is -2.49. The number of hydrogen-bond donors (Lipinski definition) is 2. The van der Waals surface area contributed by atoms with Crippen LogP contribution in [0.15, 0.2) is 33.3 Å². The topological polar surface area (TPSA) is 175 Å². The second kappa shape index (κ2) is 15.5. The molecule has 3 N–H and O–H groups in total. The SMILES string of the molecule is CON=C(C(=O)N[C@@H]1C(=O)N2C(C(=O)OC(C)OC(=O)OC3CCCCC3)=C(/C=C/S[C@H]3CCN(C)C3)CS[C@H]12)c1csc(N)n1. The molecule has 17 heteroatoms. The predicted molar refractivity (Wildman–Crippen MR) is 175 cm³/mol. The van der Waals surface area contributed by atoms with E-state index in [1.165, 1.54) is 30.7 Å². The lowest BCUT2D eigenvalue weighted by molar-refractivity contribution is -0.169. The molecule has 0 spiro atoms. The number of carbonyl (C=O) groups is 4. The van der Waals surface area contributed by atoms with Crippen molar-refractivity contribution in [2.24, 2.45) is 5.16 Å². The van der Waals surface area contributed by atoms with Gasteiger partial charge in [-0.25, -0.2) is 14.6 Å². The molecular weight excluding hydrogens is 657 g/mol. The fourth-order valence-corrected chi connectivity index (χ4v) is 8.53. The highest BCUT2D eigenvalue weighted by atomic mass is 32.2. The number of nitrogens with two attached hydrogens (primary N) is 1. The van der Waals surface area contributed by atoms with Crippen molar-refractivity contribution in [3.63, 3.8) is 0 Å². The zero-order valence-corrected chi connectivity index (χ0v) is 28.3. The Morgan fingerprint density at radius 3 is 2.67 bits per heavy atom. The molecule has 0 bridgehead atoms. The molecule has 4 heterocycles. The van der Waals surface area contributed by atoms with Crippen LogP contribution in [0.5, 0.6) is 0 Å². The van der Waals surface area contributed by atoms with Gasteiger partial charge in [0.25, 0.3) is 11.8 Å². The average molecular weight is 695 g/mol. The molecule has 4 aliphatic rings. The van der Waals surface area contributed by atoms with Crippen LogP contribution in [0.1, 0.15) is 51.1 Å². The molecule has 5 rings (SSSR count). The Hall–Kier alpha value is -3.28. The number of aromatic nitrogens is 1. The van der Waals surface area contributed by atoms with Gasteiger partial charge < -0.3 is 35.0 Å². The van der Waals surface area contributed by atoms with Crippen LogP contribution in [0.3, 0.4) is 0 Å². The minimum absolute atomic E-state index is 0.0359. The summed E-state index contributed by atoms with van der Waals surface area (Å²) in [6.45, 7) is 3.40. The number of fused-ring (bicyclic) bond motifs is 1. The number of likely N-dealkylation sites (tertiary alicyclic amines) is 1. The smallest absolute Gasteiger partial charge is 0.431 e. The van der Waals surface area contributed by atoms with Crippen LogP contribution >= 0.6 is 34.9 Å². The number of hydrogen-bond acceptors (Lipinski definition) is 15. The number of oxime groups is 1. The highest BCUT2D eigenvalue weighted by Crippen LogP contribution is 2.41. The van der Waals surface area contributed by atoms with Crippen LogP contribution in [-0.2, 0) is 33.4 Å². The van der Waals surface area contributed by atoms with E-state index in [0.29, 0.717) is 16.6 Å². The third-order valence-corrected chi connectivity index (χ3v) is 10.9. The van der Waals surface area contributed by atoms with Gasteiger partial charge >= 0.3 is 12.1 Å². The van der Waals surface area contributed by atoms with E-state index in [9.17, 15) is 19.2 Å². The van der Waals surface area contributed by atoms with Gasteiger partial charge in [0.15, 0.2) is 10.8 Å². The molecule has 3 aliphatic heterocycles. The van der Waals surface area contributed by atoms with Crippen LogP contribution in [0.4, 0.5) is 9.93 Å². The first kappa shape index (κ1) is 34.1. The maximum Gasteiger partial charge on any atom is 0.511 e. The summed E-state index contributed by atoms with van der Waals surface area (Å²) in [5, 5.41) is 10.0. The van der Waals surface area contributed by atoms with Crippen LogP contribution in [0.2, 0.25) is 0 Å². The Morgan fingerprint density at radius 1 is 1.22 bits per heavy atom. The van der Waals surface area contributed by atoms with E-state index in [1.54, 1.807) is 17.1 Å². The minimum atomic E-state index is -1.26. The van der Waals surface area contributed by atoms with Gasteiger partial charge in [0.05, 0.1) is 0 Å². The van der Waals surface area contributed by atoms with Crippen molar-refractivity contribution >= 4 is 69.6 Å². The van der Waals surface area contributed by atoms with Crippen LogP contribution in [-0.4, -0.2) is 106 Å². The van der Waals surface area contributed by atoms with Crippen molar-refractivity contribution in [2.75, 3.05) is 38.7 Å². The third kappa shape index (κ3) is 8.16. The number of nitrogen functional groups attached to an aromatic ring is 1. The molecule has 4 atom stereocenters. The molecule has 250 valence electrons. The summed E-state index contributed by atoms with van der Waals surface area (Å²) in [5.41, 5.74) is 6.41. The van der Waals surface area contributed by atoms with Gasteiger partial charge in [0, 0.05) is 29.9 Å². The number of nitrogens with one attached hydrogen (secondary N) is 1. The van der Waals surface area contributed by atoms with E-state index in [4.69, 9.17) is 24.8 Å². The minimum Gasteiger partial charge on any atom is -0.431 e. The number of carbonyl (C=O) groups excluding carboxylic acids is 4. The first-order valence-electron chi connectivity index (χ1n) is 15.0. The second-order valence-corrected chi connectivity index (χ2v) is 14.5. The summed E-state index contributed by atoms with van der Waals surface area (Å²) >= 11 is 4.20. The van der Waals surface area contributed by atoms with Gasteiger partial charge in [-0.3, -0.25) is 14.5 Å². The number of esters is 1. The normalized spacial score (nSPS) is 24.8. The number of rotatable bonds is 11. The zero-order chi connectivity index (χ0) is 32.8. The first-order chi connectivity index (χ1) is 22.1. The Labute approximate surface area is 279 Å². The molecule has 0 radical (unpaired) electrons. The van der Waals surface area contributed by atoms with E-state index in [0.717, 1.165) is 63.0 Å². The molecule has 0 aromatic carbocycles. The van der Waals surface area contributed by atoms with E-state index >= 15 is 0 Å². The summed E-state index contributed by atoms with van der Waals surface area (Å²) in [7, 11) is 3.37. The highest BCUT2D eigenvalue weighted by Gasteiger charge is 2.54. The molecule has 1 saturated carbocycles. The van der Waals surface area contributed by atoms with Crippen LogP contribution in [0, 0.1) is 0 Å².